The van der Waals surface area contributed by atoms with Crippen molar-refractivity contribution >= 4 is 23.4 Å². The maximum absolute atomic E-state index is 12.5. The summed E-state index contributed by atoms with van der Waals surface area (Å²) in [5, 5.41) is 3.59. The van der Waals surface area contributed by atoms with E-state index in [2.05, 4.69) is 5.32 Å². The Kier molecular flexibility index (Phi) is 7.57. The third-order valence-electron chi connectivity index (χ3n) is 5.30. The number of hydrogen-bond acceptors (Lipinski definition) is 4. The van der Waals surface area contributed by atoms with Crippen molar-refractivity contribution < 1.29 is 19.1 Å². The Morgan fingerprint density at radius 2 is 1.73 bits per heavy atom. The molecular weight excluding hydrogens is 404 g/mol. The average molecular weight is 431 g/mol. The molecule has 0 bridgehead atoms. The van der Waals surface area contributed by atoms with Gasteiger partial charge in [0.1, 0.15) is 11.5 Å². The third kappa shape index (κ3) is 6.13. The Balaban J connectivity index is 1.37. The minimum absolute atomic E-state index is 0.0241. The van der Waals surface area contributed by atoms with Gasteiger partial charge in [0.05, 0.1) is 0 Å². The molecule has 1 aliphatic rings. The van der Waals surface area contributed by atoms with Crippen molar-refractivity contribution in [1.82, 2.24) is 10.2 Å². The SMILES string of the molecule is Cc1cccc(OCC(=O)N2CCC(NC(=O)COc3ccc(Cl)cc3)CC2)c1C. The average Bonchev–Trinajstić information content (AvgIpc) is 2.75. The lowest BCUT2D eigenvalue weighted by atomic mass is 10.0. The maximum Gasteiger partial charge on any atom is 0.260 e. The van der Waals surface area contributed by atoms with E-state index in [1.54, 1.807) is 29.2 Å². The van der Waals surface area contributed by atoms with E-state index in [-0.39, 0.29) is 31.1 Å². The lowest BCUT2D eigenvalue weighted by Crippen LogP contribution is -2.48. The van der Waals surface area contributed by atoms with Gasteiger partial charge in [-0.2, -0.15) is 0 Å². The van der Waals surface area contributed by atoms with Crippen LogP contribution in [0.2, 0.25) is 5.02 Å². The molecule has 0 aromatic heterocycles. The molecule has 1 heterocycles. The summed E-state index contributed by atoms with van der Waals surface area (Å²) in [5.41, 5.74) is 2.18. The summed E-state index contributed by atoms with van der Waals surface area (Å²) in [7, 11) is 0. The van der Waals surface area contributed by atoms with E-state index >= 15 is 0 Å². The van der Waals surface area contributed by atoms with Crippen molar-refractivity contribution in [3.8, 4) is 11.5 Å². The normalized spacial score (nSPS) is 14.3. The van der Waals surface area contributed by atoms with Gasteiger partial charge in [0.2, 0.25) is 0 Å². The quantitative estimate of drug-likeness (QED) is 0.729. The molecule has 1 saturated heterocycles. The lowest BCUT2D eigenvalue weighted by molar-refractivity contribution is -0.134. The van der Waals surface area contributed by atoms with Crippen LogP contribution in [-0.2, 0) is 9.59 Å². The van der Waals surface area contributed by atoms with Crippen LogP contribution >= 0.6 is 11.6 Å². The monoisotopic (exact) mass is 430 g/mol. The molecule has 1 fully saturated rings. The van der Waals surface area contributed by atoms with Gasteiger partial charge < -0.3 is 19.7 Å². The Hall–Kier alpha value is -2.73. The summed E-state index contributed by atoms with van der Waals surface area (Å²) < 4.78 is 11.2. The minimum Gasteiger partial charge on any atom is -0.484 e. The van der Waals surface area contributed by atoms with Crippen LogP contribution in [0.3, 0.4) is 0 Å². The molecule has 2 amide bonds. The Labute approximate surface area is 182 Å². The number of nitrogens with zero attached hydrogens (tertiary/aromatic N) is 1. The van der Waals surface area contributed by atoms with Crippen molar-refractivity contribution in [2.45, 2.75) is 32.7 Å². The van der Waals surface area contributed by atoms with Gasteiger partial charge in [-0.25, -0.2) is 0 Å². The molecule has 1 N–H and O–H groups in total. The second-order valence-corrected chi connectivity index (χ2v) is 7.89. The van der Waals surface area contributed by atoms with E-state index in [0.717, 1.165) is 16.9 Å². The summed E-state index contributed by atoms with van der Waals surface area (Å²) in [6.07, 6.45) is 1.42. The molecule has 2 aromatic rings. The van der Waals surface area contributed by atoms with E-state index in [4.69, 9.17) is 21.1 Å². The number of halogens is 1. The van der Waals surface area contributed by atoms with Gasteiger partial charge in [-0.15, -0.1) is 0 Å². The molecule has 0 aliphatic carbocycles. The Morgan fingerprint density at radius 3 is 2.43 bits per heavy atom. The van der Waals surface area contributed by atoms with Gasteiger partial charge in [0.25, 0.3) is 11.8 Å². The molecule has 30 heavy (non-hydrogen) atoms. The van der Waals surface area contributed by atoms with Crippen molar-refractivity contribution in [2.24, 2.45) is 0 Å². The number of benzene rings is 2. The Morgan fingerprint density at radius 1 is 1.03 bits per heavy atom. The predicted octanol–water partition coefficient (Wildman–Crippen LogP) is 3.52. The van der Waals surface area contributed by atoms with E-state index in [1.807, 2.05) is 32.0 Å². The highest BCUT2D eigenvalue weighted by Crippen LogP contribution is 2.21. The van der Waals surface area contributed by atoms with Crippen LogP contribution in [0.5, 0.6) is 11.5 Å². The first-order chi connectivity index (χ1) is 14.4. The van der Waals surface area contributed by atoms with E-state index in [9.17, 15) is 9.59 Å². The Bertz CT molecular complexity index is 877. The number of amides is 2. The number of hydrogen-bond donors (Lipinski definition) is 1. The molecule has 0 saturated carbocycles. The van der Waals surface area contributed by atoms with Crippen LogP contribution in [0.25, 0.3) is 0 Å². The fourth-order valence-corrected chi connectivity index (χ4v) is 3.46. The molecule has 160 valence electrons. The summed E-state index contributed by atoms with van der Waals surface area (Å²) in [6, 6.07) is 12.7. The number of ether oxygens (including phenoxy) is 2. The molecule has 2 aromatic carbocycles. The highest BCUT2D eigenvalue weighted by atomic mass is 35.5. The molecule has 3 rings (SSSR count). The number of piperidine rings is 1. The minimum atomic E-state index is -0.173. The summed E-state index contributed by atoms with van der Waals surface area (Å²) in [4.78, 5) is 26.4. The standard InChI is InChI=1S/C23H27ClN2O4/c1-16-4-3-5-21(17(16)2)30-15-23(28)26-12-10-19(11-13-26)25-22(27)14-29-20-8-6-18(24)7-9-20/h3-9,19H,10-15H2,1-2H3,(H,25,27). The smallest absolute Gasteiger partial charge is 0.260 e. The zero-order chi connectivity index (χ0) is 21.5. The van der Waals surface area contributed by atoms with E-state index < -0.39 is 0 Å². The molecule has 0 radical (unpaired) electrons. The van der Waals surface area contributed by atoms with Gasteiger partial charge in [0, 0.05) is 24.2 Å². The summed E-state index contributed by atoms with van der Waals surface area (Å²) in [5.74, 6) is 1.13. The van der Waals surface area contributed by atoms with E-state index in [1.165, 1.54) is 0 Å². The van der Waals surface area contributed by atoms with Gasteiger partial charge in [-0.3, -0.25) is 9.59 Å². The molecule has 6 nitrogen and oxygen atoms in total. The van der Waals surface area contributed by atoms with Crippen molar-refractivity contribution in [3.63, 3.8) is 0 Å². The van der Waals surface area contributed by atoms with Crippen molar-refractivity contribution in [1.29, 1.82) is 0 Å². The zero-order valence-corrected chi connectivity index (χ0v) is 18.1. The zero-order valence-electron chi connectivity index (χ0n) is 17.3. The topological polar surface area (TPSA) is 67.9 Å². The number of aryl methyl sites for hydroxylation is 1. The van der Waals surface area contributed by atoms with Crippen LogP contribution in [-0.4, -0.2) is 49.1 Å². The molecule has 1 aliphatic heterocycles. The molecule has 0 atom stereocenters. The second kappa shape index (κ2) is 10.3. The number of likely N-dealkylation sites (tertiary alicyclic amines) is 1. The molecule has 0 unspecified atom stereocenters. The van der Waals surface area contributed by atoms with Crippen LogP contribution in [0.4, 0.5) is 0 Å². The van der Waals surface area contributed by atoms with Crippen LogP contribution in [0.1, 0.15) is 24.0 Å². The number of rotatable bonds is 7. The van der Waals surface area contributed by atoms with E-state index in [0.29, 0.717) is 36.7 Å². The number of nitrogens with one attached hydrogen (secondary N) is 1. The van der Waals surface area contributed by atoms with Gasteiger partial charge in [-0.1, -0.05) is 23.7 Å². The molecular formula is C23H27ClN2O4. The summed E-state index contributed by atoms with van der Waals surface area (Å²) >= 11 is 5.83. The van der Waals surface area contributed by atoms with Crippen molar-refractivity contribution in [2.75, 3.05) is 26.3 Å². The third-order valence-corrected chi connectivity index (χ3v) is 5.55. The van der Waals surface area contributed by atoms with Crippen LogP contribution in [0, 0.1) is 13.8 Å². The van der Waals surface area contributed by atoms with Crippen molar-refractivity contribution in [3.05, 3.63) is 58.6 Å². The first kappa shape index (κ1) is 22.0. The molecule has 0 spiro atoms. The highest BCUT2D eigenvalue weighted by Gasteiger charge is 2.24. The number of carbonyl (C=O) groups excluding carboxylic acids is 2. The van der Waals surface area contributed by atoms with Gasteiger partial charge >= 0.3 is 0 Å². The lowest BCUT2D eigenvalue weighted by Gasteiger charge is -2.32. The molecule has 7 heteroatoms. The maximum atomic E-state index is 12.5. The van der Waals surface area contributed by atoms with Gasteiger partial charge in [0.15, 0.2) is 13.2 Å². The summed E-state index contributed by atoms with van der Waals surface area (Å²) in [6.45, 7) is 5.17. The van der Waals surface area contributed by atoms with Crippen LogP contribution in [0.15, 0.2) is 42.5 Å². The second-order valence-electron chi connectivity index (χ2n) is 7.45. The predicted molar refractivity (Wildman–Crippen MR) is 116 cm³/mol. The van der Waals surface area contributed by atoms with Crippen LogP contribution < -0.4 is 14.8 Å². The fraction of sp³-hybridized carbons (Fsp3) is 0.391. The fourth-order valence-electron chi connectivity index (χ4n) is 3.33. The first-order valence-corrected chi connectivity index (χ1v) is 10.4. The number of carbonyl (C=O) groups is 2. The van der Waals surface area contributed by atoms with Gasteiger partial charge in [-0.05, 0) is 68.1 Å². The highest BCUT2D eigenvalue weighted by molar-refractivity contribution is 6.30. The first-order valence-electron chi connectivity index (χ1n) is 10.1. The largest absolute Gasteiger partial charge is 0.484 e.